The fourth-order valence-electron chi connectivity index (χ4n) is 3.49. The summed E-state index contributed by atoms with van der Waals surface area (Å²) in [7, 11) is 2.17. The first-order valence-corrected chi connectivity index (χ1v) is 8.41. The smallest absolute Gasteiger partial charge is 0.222 e. The number of likely N-dealkylation sites (tertiary alicyclic amines) is 2. The SMILES string of the molecule is C[C@@H](O)CN1CCC(CN(C)CCN2CCCC2=O)CC1. The first-order chi connectivity index (χ1) is 10.0. The summed E-state index contributed by atoms with van der Waals surface area (Å²) in [4.78, 5) is 18.3. The highest BCUT2D eigenvalue weighted by Gasteiger charge is 2.23. The molecule has 2 rings (SSSR count). The van der Waals surface area contributed by atoms with Gasteiger partial charge in [0.2, 0.25) is 5.91 Å². The molecule has 0 aliphatic carbocycles. The summed E-state index contributed by atoms with van der Waals surface area (Å²) in [5, 5.41) is 9.43. The molecule has 0 aromatic heterocycles. The van der Waals surface area contributed by atoms with E-state index in [9.17, 15) is 9.90 Å². The number of carbonyl (C=O) groups is 1. The van der Waals surface area contributed by atoms with Crippen LogP contribution in [-0.2, 0) is 4.79 Å². The monoisotopic (exact) mass is 297 g/mol. The van der Waals surface area contributed by atoms with Crippen molar-refractivity contribution in [2.75, 3.05) is 52.9 Å². The van der Waals surface area contributed by atoms with Crippen molar-refractivity contribution >= 4 is 5.91 Å². The fraction of sp³-hybridized carbons (Fsp3) is 0.938. The summed E-state index contributed by atoms with van der Waals surface area (Å²) < 4.78 is 0. The van der Waals surface area contributed by atoms with Crippen LogP contribution in [0.25, 0.3) is 0 Å². The third kappa shape index (κ3) is 5.57. The van der Waals surface area contributed by atoms with Crippen molar-refractivity contribution in [1.82, 2.24) is 14.7 Å². The maximum Gasteiger partial charge on any atom is 0.222 e. The molecule has 1 amide bonds. The summed E-state index contributed by atoms with van der Waals surface area (Å²) in [5.74, 6) is 1.09. The van der Waals surface area contributed by atoms with Gasteiger partial charge in [-0.3, -0.25) is 4.79 Å². The van der Waals surface area contributed by atoms with E-state index < -0.39 is 0 Å². The van der Waals surface area contributed by atoms with E-state index >= 15 is 0 Å². The van der Waals surface area contributed by atoms with Gasteiger partial charge in [-0.15, -0.1) is 0 Å². The van der Waals surface area contributed by atoms with Crippen LogP contribution >= 0.6 is 0 Å². The Morgan fingerprint density at radius 2 is 2.05 bits per heavy atom. The Labute approximate surface area is 128 Å². The first-order valence-electron chi connectivity index (χ1n) is 8.41. The molecular formula is C16H31N3O2. The van der Waals surface area contributed by atoms with E-state index in [0.717, 1.165) is 64.6 Å². The summed E-state index contributed by atoms with van der Waals surface area (Å²) >= 11 is 0. The number of amides is 1. The van der Waals surface area contributed by atoms with Crippen LogP contribution in [0.5, 0.6) is 0 Å². The molecule has 5 heteroatoms. The number of nitrogens with zero attached hydrogens (tertiary/aromatic N) is 3. The molecule has 0 saturated carbocycles. The summed E-state index contributed by atoms with van der Waals surface area (Å²) in [6.45, 7) is 8.83. The maximum absolute atomic E-state index is 11.6. The zero-order valence-electron chi connectivity index (χ0n) is 13.6. The lowest BCUT2D eigenvalue weighted by atomic mass is 9.96. The van der Waals surface area contributed by atoms with Crippen LogP contribution in [0.15, 0.2) is 0 Å². The second kappa shape index (κ2) is 8.11. The van der Waals surface area contributed by atoms with Gasteiger partial charge in [0, 0.05) is 39.1 Å². The van der Waals surface area contributed by atoms with Crippen molar-refractivity contribution < 1.29 is 9.90 Å². The van der Waals surface area contributed by atoms with Gasteiger partial charge in [-0.2, -0.15) is 0 Å². The van der Waals surface area contributed by atoms with Gasteiger partial charge in [-0.05, 0) is 52.2 Å². The minimum atomic E-state index is -0.220. The van der Waals surface area contributed by atoms with Crippen LogP contribution in [0.2, 0.25) is 0 Å². The summed E-state index contributed by atoms with van der Waals surface area (Å²) in [6.07, 6.45) is 4.00. The van der Waals surface area contributed by atoms with Crippen LogP contribution in [0.4, 0.5) is 0 Å². The Hall–Kier alpha value is -0.650. The van der Waals surface area contributed by atoms with E-state index in [1.807, 2.05) is 11.8 Å². The van der Waals surface area contributed by atoms with Gasteiger partial charge in [0.1, 0.15) is 0 Å². The lowest BCUT2D eigenvalue weighted by molar-refractivity contribution is -0.127. The maximum atomic E-state index is 11.6. The molecule has 0 bridgehead atoms. The Bertz CT molecular complexity index is 327. The molecule has 1 N–H and O–H groups in total. The molecule has 0 aromatic carbocycles. The standard InChI is InChI=1S/C16H31N3O2/c1-14(20)12-18-8-5-15(6-9-18)13-17(2)10-11-19-7-3-4-16(19)21/h14-15,20H,3-13H2,1-2H3/t14-/m1/s1. The summed E-state index contributed by atoms with van der Waals surface area (Å²) in [6, 6.07) is 0. The predicted molar refractivity (Wildman–Crippen MR) is 84.2 cm³/mol. The van der Waals surface area contributed by atoms with Crippen molar-refractivity contribution in [3.8, 4) is 0 Å². The Morgan fingerprint density at radius 1 is 1.33 bits per heavy atom. The second-order valence-electron chi connectivity index (χ2n) is 6.84. The second-order valence-corrected chi connectivity index (χ2v) is 6.84. The molecule has 2 heterocycles. The predicted octanol–water partition coefficient (Wildman–Crippen LogP) is 0.633. The largest absolute Gasteiger partial charge is 0.392 e. The molecule has 0 spiro atoms. The average molecular weight is 297 g/mol. The number of hydrogen-bond donors (Lipinski definition) is 1. The molecular weight excluding hydrogens is 266 g/mol. The van der Waals surface area contributed by atoms with E-state index in [1.54, 1.807) is 0 Å². The molecule has 0 radical (unpaired) electrons. The molecule has 5 nitrogen and oxygen atoms in total. The van der Waals surface area contributed by atoms with E-state index in [2.05, 4.69) is 16.8 Å². The molecule has 2 fully saturated rings. The first kappa shape index (κ1) is 16.7. The lowest BCUT2D eigenvalue weighted by Gasteiger charge is -2.34. The number of β-amino-alcohol motifs (C(OH)–C–C–N with tert-alkyl or cyclic N) is 1. The molecule has 2 aliphatic heterocycles. The van der Waals surface area contributed by atoms with Crippen LogP contribution < -0.4 is 0 Å². The third-order valence-corrected chi connectivity index (χ3v) is 4.72. The van der Waals surface area contributed by atoms with E-state index in [4.69, 9.17) is 0 Å². The topological polar surface area (TPSA) is 47.0 Å². The quantitative estimate of drug-likeness (QED) is 0.749. The highest BCUT2D eigenvalue weighted by atomic mass is 16.3. The van der Waals surface area contributed by atoms with E-state index in [0.29, 0.717) is 5.91 Å². The Balaban J connectivity index is 1.60. The van der Waals surface area contributed by atoms with Gasteiger partial charge in [-0.1, -0.05) is 0 Å². The zero-order valence-corrected chi connectivity index (χ0v) is 13.6. The molecule has 21 heavy (non-hydrogen) atoms. The Morgan fingerprint density at radius 3 is 2.62 bits per heavy atom. The van der Waals surface area contributed by atoms with Crippen LogP contribution in [0.3, 0.4) is 0 Å². The highest BCUT2D eigenvalue weighted by molar-refractivity contribution is 5.78. The van der Waals surface area contributed by atoms with Crippen molar-refractivity contribution in [3.63, 3.8) is 0 Å². The van der Waals surface area contributed by atoms with Crippen LogP contribution in [0.1, 0.15) is 32.6 Å². The molecule has 122 valence electrons. The van der Waals surface area contributed by atoms with Crippen molar-refractivity contribution in [3.05, 3.63) is 0 Å². The van der Waals surface area contributed by atoms with Crippen LogP contribution in [0, 0.1) is 5.92 Å². The van der Waals surface area contributed by atoms with Crippen molar-refractivity contribution in [1.29, 1.82) is 0 Å². The lowest BCUT2D eigenvalue weighted by Crippen LogP contribution is -2.42. The number of rotatable bonds is 7. The normalized spacial score (nSPS) is 23.2. The minimum absolute atomic E-state index is 0.220. The fourth-order valence-corrected chi connectivity index (χ4v) is 3.49. The van der Waals surface area contributed by atoms with Gasteiger partial charge >= 0.3 is 0 Å². The Kier molecular flexibility index (Phi) is 6.45. The van der Waals surface area contributed by atoms with Gasteiger partial charge in [0.05, 0.1) is 6.10 Å². The number of aliphatic hydroxyl groups excluding tert-OH is 1. The number of hydrogen-bond acceptors (Lipinski definition) is 4. The summed E-state index contributed by atoms with van der Waals surface area (Å²) in [5.41, 5.74) is 0. The van der Waals surface area contributed by atoms with Gasteiger partial charge < -0.3 is 19.8 Å². The molecule has 0 aromatic rings. The van der Waals surface area contributed by atoms with Crippen molar-refractivity contribution in [2.45, 2.75) is 38.7 Å². The number of piperidine rings is 1. The third-order valence-electron chi connectivity index (χ3n) is 4.72. The minimum Gasteiger partial charge on any atom is -0.392 e. The average Bonchev–Trinajstić information content (AvgIpc) is 2.84. The molecule has 2 saturated heterocycles. The molecule has 1 atom stereocenters. The van der Waals surface area contributed by atoms with Gasteiger partial charge in [-0.25, -0.2) is 0 Å². The molecule has 0 unspecified atom stereocenters. The van der Waals surface area contributed by atoms with Crippen molar-refractivity contribution in [2.24, 2.45) is 5.92 Å². The van der Waals surface area contributed by atoms with Gasteiger partial charge in [0.25, 0.3) is 0 Å². The highest BCUT2D eigenvalue weighted by Crippen LogP contribution is 2.18. The van der Waals surface area contributed by atoms with E-state index in [-0.39, 0.29) is 6.10 Å². The van der Waals surface area contributed by atoms with E-state index in [1.165, 1.54) is 12.8 Å². The molecule has 2 aliphatic rings. The number of aliphatic hydroxyl groups is 1. The zero-order chi connectivity index (χ0) is 15.2. The van der Waals surface area contributed by atoms with Crippen LogP contribution in [-0.4, -0.2) is 84.7 Å². The number of likely N-dealkylation sites (N-methyl/N-ethyl adjacent to an activating group) is 1. The van der Waals surface area contributed by atoms with Gasteiger partial charge in [0.15, 0.2) is 0 Å². The number of carbonyl (C=O) groups excluding carboxylic acids is 1.